The molecule has 1 saturated carbocycles. The summed E-state index contributed by atoms with van der Waals surface area (Å²) in [6, 6.07) is 0. The van der Waals surface area contributed by atoms with Crippen LogP contribution in [0.15, 0.2) is 25.3 Å². The summed E-state index contributed by atoms with van der Waals surface area (Å²) >= 11 is 0. The van der Waals surface area contributed by atoms with Crippen LogP contribution in [0, 0.1) is 11.3 Å². The fraction of sp³-hybridized carbons (Fsp3) is 0.714. The Morgan fingerprint density at radius 1 is 0.929 bits per heavy atom. The van der Waals surface area contributed by atoms with E-state index < -0.39 is 0 Å². The van der Waals surface area contributed by atoms with Gasteiger partial charge in [-0.15, -0.1) is 13.2 Å². The Bertz CT molecular complexity index is 174. The second kappa shape index (κ2) is 5.38. The molecule has 0 aromatic heterocycles. The fourth-order valence-electron chi connectivity index (χ4n) is 2.49. The normalized spacial score (nSPS) is 20.9. The third-order valence-corrected chi connectivity index (χ3v) is 3.86. The van der Waals surface area contributed by atoms with Crippen LogP contribution in [-0.4, -0.2) is 0 Å². The summed E-state index contributed by atoms with van der Waals surface area (Å²) in [5.74, 6) is 0.776. The van der Waals surface area contributed by atoms with Gasteiger partial charge in [0.1, 0.15) is 0 Å². The third-order valence-electron chi connectivity index (χ3n) is 3.86. The van der Waals surface area contributed by atoms with Crippen molar-refractivity contribution in [1.82, 2.24) is 0 Å². The zero-order valence-corrected chi connectivity index (χ0v) is 9.60. The number of hydrogen-bond acceptors (Lipinski definition) is 0. The predicted octanol–water partition coefficient (Wildman–Crippen LogP) is 4.73. The van der Waals surface area contributed by atoms with Crippen LogP contribution < -0.4 is 0 Å². The molecule has 0 N–H and O–H groups in total. The van der Waals surface area contributed by atoms with Crippen molar-refractivity contribution in [2.24, 2.45) is 11.3 Å². The first-order valence-corrected chi connectivity index (χ1v) is 6.00. The maximum absolute atomic E-state index is 3.96. The van der Waals surface area contributed by atoms with E-state index in [4.69, 9.17) is 0 Å². The van der Waals surface area contributed by atoms with E-state index in [1.54, 1.807) is 0 Å². The molecule has 0 atom stereocenters. The van der Waals surface area contributed by atoms with Crippen LogP contribution in [0.25, 0.3) is 0 Å². The van der Waals surface area contributed by atoms with Gasteiger partial charge >= 0.3 is 0 Å². The molecule has 1 fully saturated rings. The van der Waals surface area contributed by atoms with Crippen LogP contribution in [0.1, 0.15) is 51.9 Å². The van der Waals surface area contributed by atoms with E-state index in [-0.39, 0.29) is 5.41 Å². The molecule has 0 heterocycles. The zero-order chi connectivity index (χ0) is 10.4. The molecule has 0 heteroatoms. The predicted molar refractivity (Wildman–Crippen MR) is 64.3 cm³/mol. The van der Waals surface area contributed by atoms with Crippen molar-refractivity contribution in [3.8, 4) is 0 Å². The van der Waals surface area contributed by atoms with Crippen molar-refractivity contribution in [1.29, 1.82) is 0 Å². The molecule has 0 bridgehead atoms. The summed E-state index contributed by atoms with van der Waals surface area (Å²) in [5, 5.41) is 0. The van der Waals surface area contributed by atoms with Crippen molar-refractivity contribution in [3.05, 3.63) is 25.3 Å². The standard InChI is InChI=1S/C14H24/c1-4-14(3,5-2)13-11-9-7-6-8-10-12-13/h4-5,13H,1-2,6-12H2,3H3. The number of allylic oxidation sites excluding steroid dienone is 2. The molecule has 0 nitrogen and oxygen atoms in total. The Morgan fingerprint density at radius 3 is 1.79 bits per heavy atom. The van der Waals surface area contributed by atoms with Crippen LogP contribution in [-0.2, 0) is 0 Å². The minimum atomic E-state index is 0.164. The Kier molecular flexibility index (Phi) is 4.44. The van der Waals surface area contributed by atoms with Crippen LogP contribution in [0.5, 0.6) is 0 Å². The van der Waals surface area contributed by atoms with Crippen LogP contribution >= 0.6 is 0 Å². The lowest BCUT2D eigenvalue weighted by molar-refractivity contribution is 0.256. The highest BCUT2D eigenvalue weighted by molar-refractivity contribution is 5.07. The second-order valence-electron chi connectivity index (χ2n) is 4.82. The first-order chi connectivity index (χ1) is 6.73. The molecule has 14 heavy (non-hydrogen) atoms. The van der Waals surface area contributed by atoms with E-state index in [1.807, 2.05) is 0 Å². The van der Waals surface area contributed by atoms with E-state index in [1.165, 1.54) is 44.9 Å². The summed E-state index contributed by atoms with van der Waals surface area (Å²) in [6.07, 6.45) is 13.9. The van der Waals surface area contributed by atoms with Gasteiger partial charge in [0.25, 0.3) is 0 Å². The molecular weight excluding hydrogens is 168 g/mol. The zero-order valence-electron chi connectivity index (χ0n) is 9.60. The molecule has 0 aromatic rings. The Hall–Kier alpha value is -0.520. The monoisotopic (exact) mass is 192 g/mol. The minimum absolute atomic E-state index is 0.164. The van der Waals surface area contributed by atoms with Gasteiger partial charge < -0.3 is 0 Å². The maximum atomic E-state index is 3.96. The lowest BCUT2D eigenvalue weighted by Crippen LogP contribution is -2.23. The Morgan fingerprint density at radius 2 is 1.36 bits per heavy atom. The van der Waals surface area contributed by atoms with Gasteiger partial charge in [0.2, 0.25) is 0 Å². The summed E-state index contributed by atoms with van der Waals surface area (Å²) in [7, 11) is 0. The smallest absolute Gasteiger partial charge is 0.00556 e. The highest BCUT2D eigenvalue weighted by atomic mass is 14.3. The largest absolute Gasteiger partial charge is 0.102 e. The van der Waals surface area contributed by atoms with Crippen LogP contribution in [0.4, 0.5) is 0 Å². The molecule has 0 saturated heterocycles. The average Bonchev–Trinajstić information content (AvgIpc) is 2.16. The van der Waals surface area contributed by atoms with E-state index in [9.17, 15) is 0 Å². The second-order valence-corrected chi connectivity index (χ2v) is 4.82. The minimum Gasteiger partial charge on any atom is -0.102 e. The van der Waals surface area contributed by atoms with E-state index >= 15 is 0 Å². The average molecular weight is 192 g/mol. The van der Waals surface area contributed by atoms with Gasteiger partial charge in [-0.05, 0) is 18.8 Å². The van der Waals surface area contributed by atoms with Gasteiger partial charge in [0, 0.05) is 5.41 Å². The van der Waals surface area contributed by atoms with Crippen molar-refractivity contribution in [2.45, 2.75) is 51.9 Å². The number of hydrogen-bond donors (Lipinski definition) is 0. The SMILES string of the molecule is C=CC(C)(C=C)C1CCCCCCC1. The van der Waals surface area contributed by atoms with Crippen LogP contribution in [0.3, 0.4) is 0 Å². The molecule has 0 radical (unpaired) electrons. The van der Waals surface area contributed by atoms with Gasteiger partial charge in [-0.1, -0.05) is 51.2 Å². The quantitative estimate of drug-likeness (QED) is 0.567. The first kappa shape index (κ1) is 11.6. The van der Waals surface area contributed by atoms with Gasteiger partial charge in [0.15, 0.2) is 0 Å². The summed E-state index contributed by atoms with van der Waals surface area (Å²) in [6.45, 7) is 10.2. The first-order valence-electron chi connectivity index (χ1n) is 6.00. The lowest BCUT2D eigenvalue weighted by Gasteiger charge is -2.33. The Labute approximate surface area is 89.1 Å². The molecule has 1 aliphatic carbocycles. The molecule has 80 valence electrons. The van der Waals surface area contributed by atoms with E-state index in [0.717, 1.165) is 5.92 Å². The van der Waals surface area contributed by atoms with E-state index in [2.05, 4.69) is 32.2 Å². The molecule has 0 unspecified atom stereocenters. The summed E-state index contributed by atoms with van der Waals surface area (Å²) in [4.78, 5) is 0. The van der Waals surface area contributed by atoms with Crippen molar-refractivity contribution < 1.29 is 0 Å². The van der Waals surface area contributed by atoms with Crippen molar-refractivity contribution in [3.63, 3.8) is 0 Å². The molecule has 1 rings (SSSR count). The molecule has 0 aliphatic heterocycles. The maximum Gasteiger partial charge on any atom is 0.00556 e. The van der Waals surface area contributed by atoms with Crippen molar-refractivity contribution >= 4 is 0 Å². The lowest BCUT2D eigenvalue weighted by atomic mass is 9.71. The summed E-state index contributed by atoms with van der Waals surface area (Å²) in [5.41, 5.74) is 0.164. The third kappa shape index (κ3) is 2.73. The van der Waals surface area contributed by atoms with E-state index in [0.29, 0.717) is 0 Å². The molecule has 1 aliphatic rings. The molecule has 0 amide bonds. The molecule has 0 spiro atoms. The molecular formula is C14H24. The highest BCUT2D eigenvalue weighted by Gasteiger charge is 2.27. The topological polar surface area (TPSA) is 0 Å². The van der Waals surface area contributed by atoms with Gasteiger partial charge in [-0.3, -0.25) is 0 Å². The van der Waals surface area contributed by atoms with Crippen LogP contribution in [0.2, 0.25) is 0 Å². The van der Waals surface area contributed by atoms with Gasteiger partial charge in [-0.2, -0.15) is 0 Å². The van der Waals surface area contributed by atoms with Gasteiger partial charge in [0.05, 0.1) is 0 Å². The number of rotatable bonds is 3. The van der Waals surface area contributed by atoms with Crippen molar-refractivity contribution in [2.75, 3.05) is 0 Å². The van der Waals surface area contributed by atoms with Gasteiger partial charge in [-0.25, -0.2) is 0 Å². The fourth-order valence-corrected chi connectivity index (χ4v) is 2.49. The molecule has 0 aromatic carbocycles. The Balaban J connectivity index is 2.62. The highest BCUT2D eigenvalue weighted by Crippen LogP contribution is 2.38. The summed E-state index contributed by atoms with van der Waals surface area (Å²) < 4.78 is 0.